The highest BCUT2D eigenvalue weighted by Crippen LogP contribution is 2.26. The standard InChI is InChI=1S/C31H44N2O4/c1-3-5-6-7-8-9-10-11-12-16-23-32-29(34)27-21-19-25(20-22-27)24-33(30(35)31(36)37)28(4-2)26-17-14-13-15-18-26/h13-15,17-22,28H,3-12,16,23-24H2,1-2H3,(H,32,34)(H,36,37). The van der Waals surface area contributed by atoms with Gasteiger partial charge in [-0.3, -0.25) is 9.59 Å². The predicted molar refractivity (Wildman–Crippen MR) is 148 cm³/mol. The molecule has 0 spiro atoms. The Morgan fingerprint density at radius 2 is 1.35 bits per heavy atom. The van der Waals surface area contributed by atoms with Gasteiger partial charge >= 0.3 is 11.9 Å². The van der Waals surface area contributed by atoms with Crippen LogP contribution in [0.25, 0.3) is 0 Å². The Bertz CT molecular complexity index is 943. The van der Waals surface area contributed by atoms with Crippen LogP contribution in [0.5, 0.6) is 0 Å². The SMILES string of the molecule is CCCCCCCCCCCCNC(=O)c1ccc(CN(C(=O)C(=O)O)C(CC)c2ccccc2)cc1. The van der Waals surface area contributed by atoms with E-state index in [1.165, 1.54) is 56.3 Å². The number of carboxylic acid groups (broad SMARTS) is 1. The fraction of sp³-hybridized carbons (Fsp3) is 0.516. The van der Waals surface area contributed by atoms with Crippen LogP contribution in [-0.2, 0) is 16.1 Å². The van der Waals surface area contributed by atoms with Gasteiger partial charge in [0.15, 0.2) is 0 Å². The quantitative estimate of drug-likeness (QED) is 0.180. The Kier molecular flexibility index (Phi) is 14.1. The molecule has 0 fully saturated rings. The van der Waals surface area contributed by atoms with E-state index in [2.05, 4.69) is 12.2 Å². The molecule has 1 unspecified atom stereocenters. The second kappa shape index (κ2) is 17.3. The normalized spacial score (nSPS) is 11.6. The summed E-state index contributed by atoms with van der Waals surface area (Å²) in [6.07, 6.45) is 13.2. The van der Waals surface area contributed by atoms with E-state index in [4.69, 9.17) is 0 Å². The molecule has 0 heterocycles. The monoisotopic (exact) mass is 508 g/mol. The third-order valence-corrected chi connectivity index (χ3v) is 6.78. The summed E-state index contributed by atoms with van der Waals surface area (Å²) in [6.45, 7) is 4.98. The fourth-order valence-corrected chi connectivity index (χ4v) is 4.63. The van der Waals surface area contributed by atoms with Crippen LogP contribution in [0.15, 0.2) is 54.6 Å². The Balaban J connectivity index is 1.82. The van der Waals surface area contributed by atoms with Gasteiger partial charge < -0.3 is 15.3 Å². The number of nitrogens with zero attached hydrogens (tertiary/aromatic N) is 1. The topological polar surface area (TPSA) is 86.7 Å². The number of carbonyl (C=O) groups is 3. The lowest BCUT2D eigenvalue weighted by Gasteiger charge is -2.30. The first-order chi connectivity index (χ1) is 18.0. The number of carboxylic acids is 1. The molecule has 0 aliphatic carbocycles. The van der Waals surface area contributed by atoms with E-state index in [-0.39, 0.29) is 18.5 Å². The van der Waals surface area contributed by atoms with Gasteiger partial charge in [0.05, 0.1) is 6.04 Å². The van der Waals surface area contributed by atoms with Crippen LogP contribution in [0.3, 0.4) is 0 Å². The molecule has 2 rings (SSSR count). The number of hydrogen-bond acceptors (Lipinski definition) is 3. The molecule has 0 radical (unpaired) electrons. The van der Waals surface area contributed by atoms with Gasteiger partial charge in [0.25, 0.3) is 5.91 Å². The average Bonchev–Trinajstić information content (AvgIpc) is 2.92. The van der Waals surface area contributed by atoms with E-state index in [1.807, 2.05) is 37.3 Å². The summed E-state index contributed by atoms with van der Waals surface area (Å²) >= 11 is 0. The van der Waals surface area contributed by atoms with Gasteiger partial charge in [-0.25, -0.2) is 4.79 Å². The number of unbranched alkanes of at least 4 members (excludes halogenated alkanes) is 9. The maximum Gasteiger partial charge on any atom is 0.394 e. The molecule has 0 bridgehead atoms. The summed E-state index contributed by atoms with van der Waals surface area (Å²) in [5.41, 5.74) is 2.22. The molecule has 2 amide bonds. The number of carbonyl (C=O) groups excluding carboxylic acids is 2. The van der Waals surface area contributed by atoms with Gasteiger partial charge in [-0.2, -0.15) is 0 Å². The third-order valence-electron chi connectivity index (χ3n) is 6.78. The van der Waals surface area contributed by atoms with Crippen molar-refractivity contribution in [3.8, 4) is 0 Å². The van der Waals surface area contributed by atoms with Crippen molar-refractivity contribution in [2.75, 3.05) is 6.54 Å². The number of aliphatic carboxylic acids is 1. The summed E-state index contributed by atoms with van der Waals surface area (Å²) in [5.74, 6) is -2.52. The average molecular weight is 509 g/mol. The minimum Gasteiger partial charge on any atom is -0.474 e. The molecule has 6 heteroatoms. The van der Waals surface area contributed by atoms with Gasteiger partial charge in [-0.15, -0.1) is 0 Å². The molecule has 0 aromatic heterocycles. The van der Waals surface area contributed by atoms with E-state index in [1.54, 1.807) is 24.3 Å². The first-order valence-electron chi connectivity index (χ1n) is 13.9. The molecule has 1 atom stereocenters. The van der Waals surface area contributed by atoms with Crippen molar-refractivity contribution in [2.24, 2.45) is 0 Å². The van der Waals surface area contributed by atoms with Gasteiger partial charge in [0, 0.05) is 18.7 Å². The Morgan fingerprint density at radius 1 is 0.784 bits per heavy atom. The second-order valence-corrected chi connectivity index (χ2v) is 9.71. The number of amides is 2. The number of rotatable bonds is 17. The van der Waals surface area contributed by atoms with Crippen molar-refractivity contribution in [1.82, 2.24) is 10.2 Å². The van der Waals surface area contributed by atoms with Crippen LogP contribution in [0.1, 0.15) is 112 Å². The zero-order chi connectivity index (χ0) is 26.9. The third kappa shape index (κ3) is 10.8. The first-order valence-corrected chi connectivity index (χ1v) is 13.9. The molecule has 2 aromatic rings. The lowest BCUT2D eigenvalue weighted by molar-refractivity contribution is -0.157. The number of hydrogen-bond donors (Lipinski definition) is 2. The molecule has 0 saturated heterocycles. The smallest absolute Gasteiger partial charge is 0.394 e. The Morgan fingerprint density at radius 3 is 1.89 bits per heavy atom. The maximum absolute atomic E-state index is 12.5. The van der Waals surface area contributed by atoms with Crippen LogP contribution in [0, 0.1) is 0 Å². The van der Waals surface area contributed by atoms with Crippen LogP contribution in [-0.4, -0.2) is 34.3 Å². The first kappa shape index (κ1) is 30.1. The van der Waals surface area contributed by atoms with Gasteiger partial charge in [-0.1, -0.05) is 114 Å². The lowest BCUT2D eigenvalue weighted by Crippen LogP contribution is -2.38. The number of nitrogens with one attached hydrogen (secondary N) is 1. The molecule has 202 valence electrons. The molecular formula is C31H44N2O4. The van der Waals surface area contributed by atoms with Crippen LogP contribution < -0.4 is 5.32 Å². The molecule has 6 nitrogen and oxygen atoms in total. The minimum atomic E-state index is -1.47. The van der Waals surface area contributed by atoms with E-state index in [9.17, 15) is 19.5 Å². The molecule has 0 saturated carbocycles. The van der Waals surface area contributed by atoms with E-state index >= 15 is 0 Å². The van der Waals surface area contributed by atoms with Crippen LogP contribution in [0.4, 0.5) is 0 Å². The maximum atomic E-state index is 12.5. The van der Waals surface area contributed by atoms with E-state index < -0.39 is 11.9 Å². The highest BCUT2D eigenvalue weighted by Gasteiger charge is 2.28. The van der Waals surface area contributed by atoms with Gasteiger partial charge in [0.1, 0.15) is 0 Å². The van der Waals surface area contributed by atoms with Crippen molar-refractivity contribution < 1.29 is 19.5 Å². The Labute approximate surface area is 222 Å². The van der Waals surface area contributed by atoms with Crippen molar-refractivity contribution >= 4 is 17.8 Å². The van der Waals surface area contributed by atoms with Crippen molar-refractivity contribution in [3.63, 3.8) is 0 Å². The molecule has 2 N–H and O–H groups in total. The molecular weight excluding hydrogens is 464 g/mol. The zero-order valence-electron chi connectivity index (χ0n) is 22.6. The predicted octanol–water partition coefficient (Wildman–Crippen LogP) is 6.90. The molecule has 2 aromatic carbocycles. The summed E-state index contributed by atoms with van der Waals surface area (Å²) < 4.78 is 0. The largest absolute Gasteiger partial charge is 0.474 e. The van der Waals surface area contributed by atoms with Crippen molar-refractivity contribution in [1.29, 1.82) is 0 Å². The summed E-state index contributed by atoms with van der Waals surface area (Å²) in [4.78, 5) is 38.0. The highest BCUT2D eigenvalue weighted by molar-refractivity contribution is 6.31. The molecule has 0 aliphatic heterocycles. The van der Waals surface area contributed by atoms with Crippen molar-refractivity contribution in [2.45, 2.75) is 97.1 Å². The van der Waals surface area contributed by atoms with Gasteiger partial charge in [0.2, 0.25) is 0 Å². The van der Waals surface area contributed by atoms with E-state index in [0.717, 1.165) is 24.0 Å². The minimum absolute atomic E-state index is 0.114. The highest BCUT2D eigenvalue weighted by atomic mass is 16.4. The van der Waals surface area contributed by atoms with Gasteiger partial charge in [-0.05, 0) is 36.1 Å². The summed E-state index contributed by atoms with van der Waals surface area (Å²) in [5, 5.41) is 12.4. The fourth-order valence-electron chi connectivity index (χ4n) is 4.63. The van der Waals surface area contributed by atoms with Crippen molar-refractivity contribution in [3.05, 3.63) is 71.3 Å². The Hall–Kier alpha value is -3.15. The summed E-state index contributed by atoms with van der Waals surface area (Å²) in [7, 11) is 0. The number of benzene rings is 2. The van der Waals surface area contributed by atoms with E-state index in [0.29, 0.717) is 18.5 Å². The lowest BCUT2D eigenvalue weighted by atomic mass is 10.0. The molecule has 37 heavy (non-hydrogen) atoms. The van der Waals surface area contributed by atoms with Crippen LogP contribution >= 0.6 is 0 Å². The zero-order valence-corrected chi connectivity index (χ0v) is 22.6. The summed E-state index contributed by atoms with van der Waals surface area (Å²) in [6, 6.07) is 16.1. The second-order valence-electron chi connectivity index (χ2n) is 9.71. The van der Waals surface area contributed by atoms with Crippen LogP contribution in [0.2, 0.25) is 0 Å². The molecule has 0 aliphatic rings.